The molecule has 2 aromatic rings. The number of hydrogen-bond acceptors (Lipinski definition) is 5. The molecule has 0 unspecified atom stereocenters. The number of amides is 2. The Labute approximate surface area is 166 Å². The van der Waals surface area contributed by atoms with Crippen molar-refractivity contribution in [3.8, 4) is 0 Å². The normalized spacial score (nSPS) is 19.4. The standard InChI is InChI=1S/C21H29N3O4/c1-16-13-24(14-17(2)28-16)20-9-4-3-8-19(20)23-21(25)22-10-6-11-26-15-18-7-5-12-27-18/h3-5,7-9,12,16-17H,6,10-11,13-15H2,1-2H3,(H2,22,23,25)/t16-,17+. The van der Waals surface area contributed by atoms with Gasteiger partial charge < -0.3 is 29.4 Å². The summed E-state index contributed by atoms with van der Waals surface area (Å²) in [4.78, 5) is 14.5. The molecule has 0 radical (unpaired) electrons. The fourth-order valence-corrected chi connectivity index (χ4v) is 3.34. The molecule has 2 heterocycles. The molecular weight excluding hydrogens is 358 g/mol. The van der Waals surface area contributed by atoms with Gasteiger partial charge in [0.1, 0.15) is 12.4 Å². The molecule has 0 spiro atoms. The number of furan rings is 1. The average Bonchev–Trinajstić information content (AvgIpc) is 3.17. The molecule has 28 heavy (non-hydrogen) atoms. The highest BCUT2D eigenvalue weighted by molar-refractivity contribution is 5.93. The molecule has 2 N–H and O–H groups in total. The third-order valence-corrected chi connectivity index (χ3v) is 4.49. The second kappa shape index (κ2) is 10.1. The van der Waals surface area contributed by atoms with Crippen molar-refractivity contribution in [2.24, 2.45) is 0 Å². The number of benzene rings is 1. The minimum Gasteiger partial charge on any atom is -0.467 e. The lowest BCUT2D eigenvalue weighted by molar-refractivity contribution is -0.00517. The summed E-state index contributed by atoms with van der Waals surface area (Å²) in [5.41, 5.74) is 1.82. The molecule has 0 aliphatic carbocycles. The van der Waals surface area contributed by atoms with Crippen molar-refractivity contribution >= 4 is 17.4 Å². The van der Waals surface area contributed by atoms with E-state index in [9.17, 15) is 4.79 Å². The van der Waals surface area contributed by atoms with E-state index >= 15 is 0 Å². The van der Waals surface area contributed by atoms with E-state index in [2.05, 4.69) is 29.4 Å². The summed E-state index contributed by atoms with van der Waals surface area (Å²) >= 11 is 0. The lowest BCUT2D eigenvalue weighted by atomic mass is 10.1. The minimum absolute atomic E-state index is 0.159. The molecule has 3 rings (SSSR count). The highest BCUT2D eigenvalue weighted by Gasteiger charge is 2.24. The zero-order valence-electron chi connectivity index (χ0n) is 16.5. The van der Waals surface area contributed by atoms with E-state index in [4.69, 9.17) is 13.9 Å². The molecule has 7 nitrogen and oxygen atoms in total. The minimum atomic E-state index is -0.215. The maximum Gasteiger partial charge on any atom is 0.319 e. The van der Waals surface area contributed by atoms with Crippen molar-refractivity contribution in [3.63, 3.8) is 0 Å². The fraction of sp³-hybridized carbons (Fsp3) is 0.476. The molecule has 0 saturated carbocycles. The van der Waals surface area contributed by atoms with E-state index < -0.39 is 0 Å². The van der Waals surface area contributed by atoms with Gasteiger partial charge in [-0.2, -0.15) is 0 Å². The number of para-hydroxylation sites is 2. The number of carbonyl (C=O) groups is 1. The Balaban J connectivity index is 1.42. The number of hydrogen-bond donors (Lipinski definition) is 2. The van der Waals surface area contributed by atoms with E-state index in [-0.39, 0.29) is 18.2 Å². The van der Waals surface area contributed by atoms with Crippen molar-refractivity contribution in [2.75, 3.05) is 36.5 Å². The lowest BCUT2D eigenvalue weighted by Gasteiger charge is -2.37. The van der Waals surface area contributed by atoms with Crippen LogP contribution >= 0.6 is 0 Å². The van der Waals surface area contributed by atoms with Gasteiger partial charge in [0.15, 0.2) is 0 Å². The van der Waals surface area contributed by atoms with Gasteiger partial charge in [0.2, 0.25) is 0 Å². The first-order chi connectivity index (χ1) is 13.6. The van der Waals surface area contributed by atoms with Crippen LogP contribution < -0.4 is 15.5 Å². The summed E-state index contributed by atoms with van der Waals surface area (Å²) in [7, 11) is 0. The zero-order chi connectivity index (χ0) is 19.8. The summed E-state index contributed by atoms with van der Waals surface area (Å²) in [6.45, 7) is 7.29. The van der Waals surface area contributed by atoms with Gasteiger partial charge in [0.05, 0.1) is 29.8 Å². The predicted molar refractivity (Wildman–Crippen MR) is 109 cm³/mol. The van der Waals surface area contributed by atoms with Gasteiger partial charge in [0, 0.05) is 26.2 Å². The summed E-state index contributed by atoms with van der Waals surface area (Å²) in [5, 5.41) is 5.84. The molecule has 2 amide bonds. The van der Waals surface area contributed by atoms with Crippen LogP contribution in [0.25, 0.3) is 0 Å². The van der Waals surface area contributed by atoms with Crippen LogP contribution in [0.4, 0.5) is 16.2 Å². The predicted octanol–water partition coefficient (Wildman–Crippen LogP) is 3.62. The number of anilines is 2. The molecule has 2 atom stereocenters. The average molecular weight is 387 g/mol. The smallest absolute Gasteiger partial charge is 0.319 e. The number of carbonyl (C=O) groups excluding carboxylic acids is 1. The van der Waals surface area contributed by atoms with E-state index in [0.29, 0.717) is 19.8 Å². The lowest BCUT2D eigenvalue weighted by Crippen LogP contribution is -2.45. The molecule has 1 fully saturated rings. The number of nitrogens with one attached hydrogen (secondary N) is 2. The summed E-state index contributed by atoms with van der Waals surface area (Å²) < 4.78 is 16.5. The Morgan fingerprint density at radius 1 is 1.18 bits per heavy atom. The van der Waals surface area contributed by atoms with Crippen LogP contribution in [0.3, 0.4) is 0 Å². The topological polar surface area (TPSA) is 76.0 Å². The van der Waals surface area contributed by atoms with Gasteiger partial charge in [-0.05, 0) is 44.5 Å². The Morgan fingerprint density at radius 2 is 1.96 bits per heavy atom. The number of nitrogens with zero attached hydrogens (tertiary/aromatic N) is 1. The van der Waals surface area contributed by atoms with E-state index in [0.717, 1.165) is 36.6 Å². The zero-order valence-corrected chi connectivity index (χ0v) is 16.5. The Kier molecular flexibility index (Phi) is 7.33. The molecule has 1 aromatic carbocycles. The first-order valence-corrected chi connectivity index (χ1v) is 9.76. The molecule has 1 saturated heterocycles. The van der Waals surface area contributed by atoms with Crippen LogP contribution in [0, 0.1) is 0 Å². The third kappa shape index (κ3) is 6.00. The van der Waals surface area contributed by atoms with Gasteiger partial charge in [-0.15, -0.1) is 0 Å². The largest absolute Gasteiger partial charge is 0.467 e. The molecule has 1 aromatic heterocycles. The molecule has 152 valence electrons. The van der Waals surface area contributed by atoms with Crippen molar-refractivity contribution in [3.05, 3.63) is 48.4 Å². The van der Waals surface area contributed by atoms with Gasteiger partial charge in [-0.25, -0.2) is 4.79 Å². The summed E-state index contributed by atoms with van der Waals surface area (Å²) in [6, 6.07) is 11.4. The van der Waals surface area contributed by atoms with Gasteiger partial charge in [0.25, 0.3) is 0 Å². The second-order valence-electron chi connectivity index (χ2n) is 7.05. The van der Waals surface area contributed by atoms with Crippen LogP contribution in [0.5, 0.6) is 0 Å². The molecular formula is C21H29N3O4. The van der Waals surface area contributed by atoms with E-state index in [1.165, 1.54) is 0 Å². The van der Waals surface area contributed by atoms with Crippen LogP contribution in [0.2, 0.25) is 0 Å². The van der Waals surface area contributed by atoms with Crippen molar-refractivity contribution in [1.82, 2.24) is 5.32 Å². The van der Waals surface area contributed by atoms with Crippen LogP contribution in [0.1, 0.15) is 26.0 Å². The Morgan fingerprint density at radius 3 is 2.71 bits per heavy atom. The van der Waals surface area contributed by atoms with Crippen molar-refractivity contribution in [2.45, 2.75) is 39.1 Å². The van der Waals surface area contributed by atoms with E-state index in [1.807, 2.05) is 36.4 Å². The first kappa shape index (κ1) is 20.2. The van der Waals surface area contributed by atoms with Gasteiger partial charge >= 0.3 is 6.03 Å². The van der Waals surface area contributed by atoms with Crippen molar-refractivity contribution in [1.29, 1.82) is 0 Å². The highest BCUT2D eigenvalue weighted by Crippen LogP contribution is 2.28. The molecule has 1 aliphatic rings. The maximum atomic E-state index is 12.3. The molecule has 1 aliphatic heterocycles. The molecule has 0 bridgehead atoms. The quantitative estimate of drug-likeness (QED) is 0.677. The SMILES string of the molecule is C[C@@H]1CN(c2ccccc2NC(=O)NCCCOCc2ccco2)C[C@H](C)O1. The second-order valence-corrected chi connectivity index (χ2v) is 7.05. The van der Waals surface area contributed by atoms with Crippen LogP contribution in [0.15, 0.2) is 47.1 Å². The highest BCUT2D eigenvalue weighted by atomic mass is 16.5. The van der Waals surface area contributed by atoms with E-state index in [1.54, 1.807) is 6.26 Å². The number of morpholine rings is 1. The third-order valence-electron chi connectivity index (χ3n) is 4.49. The molecule has 7 heteroatoms. The number of urea groups is 1. The monoisotopic (exact) mass is 387 g/mol. The number of rotatable bonds is 8. The fourth-order valence-electron chi connectivity index (χ4n) is 3.34. The Hall–Kier alpha value is -2.51. The number of ether oxygens (including phenoxy) is 2. The van der Waals surface area contributed by atoms with Gasteiger partial charge in [-0.3, -0.25) is 0 Å². The first-order valence-electron chi connectivity index (χ1n) is 9.76. The maximum absolute atomic E-state index is 12.3. The van der Waals surface area contributed by atoms with Crippen LogP contribution in [-0.2, 0) is 16.1 Å². The summed E-state index contributed by atoms with van der Waals surface area (Å²) in [5.74, 6) is 0.800. The van der Waals surface area contributed by atoms with Crippen LogP contribution in [-0.4, -0.2) is 44.5 Å². The van der Waals surface area contributed by atoms with Gasteiger partial charge in [-0.1, -0.05) is 12.1 Å². The summed E-state index contributed by atoms with van der Waals surface area (Å²) in [6.07, 6.45) is 2.67. The van der Waals surface area contributed by atoms with Crippen molar-refractivity contribution < 1.29 is 18.7 Å². The Bertz CT molecular complexity index is 725.